The minimum Gasteiger partial charge on any atom is -0.480 e. The number of fused-ring (bicyclic) bond motifs is 1. The van der Waals surface area contributed by atoms with E-state index in [9.17, 15) is 14.7 Å². The molecule has 0 saturated carbocycles. The lowest BCUT2D eigenvalue weighted by molar-refractivity contribution is -0.148. The van der Waals surface area contributed by atoms with Gasteiger partial charge in [0.25, 0.3) is 6.01 Å². The summed E-state index contributed by atoms with van der Waals surface area (Å²) in [7, 11) is 0. The number of para-hydroxylation sites is 2. The molecule has 1 amide bonds. The van der Waals surface area contributed by atoms with Crippen LogP contribution >= 0.6 is 0 Å². The topological polar surface area (TPSA) is 105 Å². The summed E-state index contributed by atoms with van der Waals surface area (Å²) in [6.45, 7) is 6.93. The molecule has 3 rings (SSSR count). The highest BCUT2D eigenvalue weighted by atomic mass is 16.6. The van der Waals surface area contributed by atoms with Crippen LogP contribution in [0.15, 0.2) is 28.7 Å². The fraction of sp³-hybridized carbons (Fsp3) is 0.500. The van der Waals surface area contributed by atoms with E-state index in [1.807, 2.05) is 18.2 Å². The van der Waals surface area contributed by atoms with E-state index in [2.05, 4.69) is 10.3 Å². The van der Waals surface area contributed by atoms with Crippen molar-refractivity contribution in [2.75, 3.05) is 11.9 Å². The summed E-state index contributed by atoms with van der Waals surface area (Å²) in [4.78, 5) is 29.9. The zero-order chi connectivity index (χ0) is 19.1. The number of hydrogen-bond donors (Lipinski definition) is 2. The summed E-state index contributed by atoms with van der Waals surface area (Å²) in [6.07, 6.45) is -0.440. The lowest BCUT2D eigenvalue weighted by Gasteiger charge is -2.32. The van der Waals surface area contributed by atoms with E-state index in [0.29, 0.717) is 17.1 Å². The minimum atomic E-state index is -1.37. The van der Waals surface area contributed by atoms with Gasteiger partial charge >= 0.3 is 12.1 Å². The Hall–Kier alpha value is -2.77. The highest BCUT2D eigenvalue weighted by Crippen LogP contribution is 2.33. The van der Waals surface area contributed by atoms with Crippen molar-refractivity contribution >= 4 is 29.2 Å². The molecule has 1 aliphatic rings. The zero-order valence-electron chi connectivity index (χ0n) is 15.3. The number of aliphatic carboxylic acids is 1. The molecule has 0 bridgehead atoms. The SMILES string of the molecule is CC(C)(C)OC(=O)N1C[C@H](Nc2nc3ccccc3o2)C[C@@]1(C)C(=O)O. The Kier molecular flexibility index (Phi) is 4.29. The maximum absolute atomic E-state index is 12.5. The molecular formula is C18H23N3O5. The summed E-state index contributed by atoms with van der Waals surface area (Å²) >= 11 is 0. The van der Waals surface area contributed by atoms with Crippen molar-refractivity contribution < 1.29 is 23.8 Å². The highest BCUT2D eigenvalue weighted by molar-refractivity contribution is 5.85. The van der Waals surface area contributed by atoms with Crippen LogP contribution in [-0.2, 0) is 9.53 Å². The number of amides is 1. The van der Waals surface area contributed by atoms with Gasteiger partial charge in [-0.3, -0.25) is 4.90 Å². The molecule has 26 heavy (non-hydrogen) atoms. The first-order valence-electron chi connectivity index (χ1n) is 8.45. The van der Waals surface area contributed by atoms with Crippen molar-refractivity contribution in [3.8, 4) is 0 Å². The number of nitrogens with one attached hydrogen (secondary N) is 1. The predicted octanol–water partition coefficient (Wildman–Crippen LogP) is 3.09. The van der Waals surface area contributed by atoms with Crippen LogP contribution < -0.4 is 5.32 Å². The van der Waals surface area contributed by atoms with Crippen LogP contribution in [0, 0.1) is 0 Å². The number of hydrogen-bond acceptors (Lipinski definition) is 6. The van der Waals surface area contributed by atoms with Crippen molar-refractivity contribution in [1.29, 1.82) is 0 Å². The van der Waals surface area contributed by atoms with Gasteiger partial charge in [-0.2, -0.15) is 4.98 Å². The van der Waals surface area contributed by atoms with Gasteiger partial charge in [0.1, 0.15) is 16.7 Å². The van der Waals surface area contributed by atoms with Crippen LogP contribution in [-0.4, -0.2) is 50.8 Å². The Labute approximate surface area is 151 Å². The molecule has 1 aliphatic heterocycles. The molecule has 0 radical (unpaired) electrons. The lowest BCUT2D eigenvalue weighted by Crippen LogP contribution is -2.52. The molecule has 2 aromatic rings. The van der Waals surface area contributed by atoms with Crippen LogP contribution in [0.2, 0.25) is 0 Å². The predicted molar refractivity (Wildman–Crippen MR) is 95.0 cm³/mol. The number of carboxylic acid groups (broad SMARTS) is 1. The maximum Gasteiger partial charge on any atom is 0.411 e. The molecule has 1 saturated heterocycles. The van der Waals surface area contributed by atoms with E-state index in [1.54, 1.807) is 26.8 Å². The van der Waals surface area contributed by atoms with E-state index < -0.39 is 23.2 Å². The lowest BCUT2D eigenvalue weighted by atomic mass is 9.98. The normalized spacial score (nSPS) is 23.2. The number of aromatic nitrogens is 1. The molecule has 1 aromatic carbocycles. The fourth-order valence-corrected chi connectivity index (χ4v) is 3.08. The maximum atomic E-state index is 12.5. The van der Waals surface area contributed by atoms with Gasteiger partial charge in [-0.15, -0.1) is 0 Å². The first-order chi connectivity index (χ1) is 12.1. The number of oxazole rings is 1. The van der Waals surface area contributed by atoms with Crippen molar-refractivity contribution in [3.63, 3.8) is 0 Å². The van der Waals surface area contributed by atoms with Gasteiger partial charge in [0, 0.05) is 13.0 Å². The second kappa shape index (κ2) is 6.19. The fourth-order valence-electron chi connectivity index (χ4n) is 3.08. The molecule has 0 unspecified atom stereocenters. The van der Waals surface area contributed by atoms with E-state index in [-0.39, 0.29) is 19.0 Å². The quantitative estimate of drug-likeness (QED) is 0.865. The smallest absolute Gasteiger partial charge is 0.411 e. The summed E-state index contributed by atoms with van der Waals surface area (Å²) in [5, 5.41) is 12.8. The van der Waals surface area contributed by atoms with E-state index in [1.165, 1.54) is 11.8 Å². The number of likely N-dealkylation sites (tertiary alicyclic amines) is 1. The molecule has 0 spiro atoms. The van der Waals surface area contributed by atoms with Crippen molar-refractivity contribution in [1.82, 2.24) is 9.88 Å². The van der Waals surface area contributed by atoms with E-state index >= 15 is 0 Å². The number of anilines is 1. The monoisotopic (exact) mass is 361 g/mol. The average Bonchev–Trinajstić information content (AvgIpc) is 3.07. The van der Waals surface area contributed by atoms with E-state index in [4.69, 9.17) is 9.15 Å². The summed E-state index contributed by atoms with van der Waals surface area (Å²) in [6, 6.07) is 7.31. The van der Waals surface area contributed by atoms with Crippen LogP contribution in [0.4, 0.5) is 10.8 Å². The summed E-state index contributed by atoms with van der Waals surface area (Å²) < 4.78 is 11.0. The van der Waals surface area contributed by atoms with Crippen molar-refractivity contribution in [3.05, 3.63) is 24.3 Å². The first kappa shape index (κ1) is 18.0. The largest absolute Gasteiger partial charge is 0.480 e. The number of carbonyl (C=O) groups is 2. The van der Waals surface area contributed by atoms with Crippen molar-refractivity contribution in [2.24, 2.45) is 0 Å². The summed E-state index contributed by atoms with van der Waals surface area (Å²) in [5.74, 6) is -1.08. The molecule has 8 heteroatoms. The van der Waals surface area contributed by atoms with Crippen LogP contribution in [0.1, 0.15) is 34.1 Å². The molecule has 2 heterocycles. The Balaban J connectivity index is 1.79. The third-order valence-corrected chi connectivity index (χ3v) is 4.34. The summed E-state index contributed by atoms with van der Waals surface area (Å²) in [5.41, 5.74) is -0.732. The number of rotatable bonds is 3. The number of ether oxygens (including phenoxy) is 1. The third kappa shape index (κ3) is 3.44. The Morgan fingerprint density at radius 3 is 2.69 bits per heavy atom. The molecule has 8 nitrogen and oxygen atoms in total. The molecule has 1 aromatic heterocycles. The van der Waals surface area contributed by atoms with Crippen LogP contribution in [0.25, 0.3) is 11.1 Å². The van der Waals surface area contributed by atoms with Gasteiger partial charge in [0.2, 0.25) is 0 Å². The molecule has 1 fully saturated rings. The standard InChI is InChI=1S/C18H23N3O5/c1-17(2,3)26-16(24)21-10-11(9-18(21,4)14(22)23)19-15-20-12-7-5-6-8-13(12)25-15/h5-8,11H,9-10H2,1-4H3,(H,19,20)(H,22,23)/t11-,18+/m1/s1. The molecule has 2 atom stereocenters. The molecular weight excluding hydrogens is 338 g/mol. The van der Waals surface area contributed by atoms with Gasteiger partial charge in [-0.25, -0.2) is 9.59 Å². The zero-order valence-corrected chi connectivity index (χ0v) is 15.3. The van der Waals surface area contributed by atoms with Crippen LogP contribution in [0.5, 0.6) is 0 Å². The van der Waals surface area contributed by atoms with Gasteiger partial charge in [0.15, 0.2) is 5.58 Å². The number of nitrogens with zero attached hydrogens (tertiary/aromatic N) is 2. The van der Waals surface area contributed by atoms with Crippen LogP contribution in [0.3, 0.4) is 0 Å². The number of carboxylic acids is 1. The van der Waals surface area contributed by atoms with Crippen molar-refractivity contribution in [2.45, 2.75) is 51.3 Å². The molecule has 2 N–H and O–H groups in total. The molecule has 0 aliphatic carbocycles. The second-order valence-electron chi connectivity index (χ2n) is 7.70. The average molecular weight is 361 g/mol. The third-order valence-electron chi connectivity index (χ3n) is 4.34. The van der Waals surface area contributed by atoms with Gasteiger partial charge in [-0.1, -0.05) is 12.1 Å². The van der Waals surface area contributed by atoms with Gasteiger partial charge in [0.05, 0.1) is 6.04 Å². The van der Waals surface area contributed by atoms with E-state index in [0.717, 1.165) is 0 Å². The highest BCUT2D eigenvalue weighted by Gasteiger charge is 2.51. The Morgan fingerprint density at radius 2 is 2.08 bits per heavy atom. The Bertz CT molecular complexity index is 808. The number of benzene rings is 1. The number of carbonyl (C=O) groups excluding carboxylic acids is 1. The van der Waals surface area contributed by atoms with Gasteiger partial charge in [-0.05, 0) is 39.8 Å². The first-order valence-corrected chi connectivity index (χ1v) is 8.45. The molecule has 140 valence electrons. The van der Waals surface area contributed by atoms with Gasteiger partial charge < -0.3 is 19.6 Å². The minimum absolute atomic E-state index is 0.177. The second-order valence-corrected chi connectivity index (χ2v) is 7.70. The Morgan fingerprint density at radius 1 is 1.38 bits per heavy atom.